The monoisotopic (exact) mass is 482 g/mol. The molecule has 0 aliphatic heterocycles. The molecule has 2 N–H and O–H groups in total. The van der Waals surface area contributed by atoms with E-state index in [-0.39, 0.29) is 35.8 Å². The van der Waals surface area contributed by atoms with Crippen LogP contribution in [0.3, 0.4) is 0 Å². The van der Waals surface area contributed by atoms with Crippen LogP contribution in [-0.2, 0) is 26.1 Å². The molecule has 0 radical (unpaired) electrons. The third-order valence-corrected chi connectivity index (χ3v) is 6.85. The number of hydrogen-bond acceptors (Lipinski definition) is 9. The number of nitrogens with one attached hydrogen (secondary N) is 2. The van der Waals surface area contributed by atoms with Gasteiger partial charge in [-0.3, -0.25) is 4.79 Å². The molecule has 1 aliphatic rings. The Hall–Kier alpha value is -2.34. The molecule has 0 amide bonds. The van der Waals surface area contributed by atoms with Gasteiger partial charge in [0.15, 0.2) is 5.82 Å². The second-order valence-corrected chi connectivity index (χ2v) is 11.3. The summed E-state index contributed by atoms with van der Waals surface area (Å²) in [5.41, 5.74) is -0.581. The molecule has 0 spiro atoms. The number of rotatable bonds is 11. The van der Waals surface area contributed by atoms with Gasteiger partial charge < -0.3 is 9.26 Å². The van der Waals surface area contributed by atoms with Gasteiger partial charge in [0.2, 0.25) is 5.89 Å². The zero-order chi connectivity index (χ0) is 23.9. The molecule has 0 aromatic carbocycles. The first-order valence-electron chi connectivity index (χ1n) is 11.5. The highest BCUT2D eigenvalue weighted by Gasteiger charge is 2.27. The maximum Gasteiger partial charge on any atom is 0.307 e. The van der Waals surface area contributed by atoms with E-state index in [0.717, 1.165) is 31.5 Å². The summed E-state index contributed by atoms with van der Waals surface area (Å²) >= 11 is 0. The molecule has 0 saturated heterocycles. The van der Waals surface area contributed by atoms with Crippen molar-refractivity contribution in [1.82, 2.24) is 30.0 Å². The predicted octanol–water partition coefficient (Wildman–Crippen LogP) is 3.23. The van der Waals surface area contributed by atoms with E-state index in [1.807, 2.05) is 20.8 Å². The summed E-state index contributed by atoms with van der Waals surface area (Å²) in [6, 6.07) is 0. The Bertz CT molecular complexity index is 977. The van der Waals surface area contributed by atoms with Crippen molar-refractivity contribution < 1.29 is 22.5 Å². The van der Waals surface area contributed by atoms with E-state index in [2.05, 4.69) is 30.0 Å². The molecule has 33 heavy (non-hydrogen) atoms. The number of hydrogen-bond donors (Lipinski definition) is 2. The van der Waals surface area contributed by atoms with Crippen molar-refractivity contribution in [2.45, 2.75) is 102 Å². The highest BCUT2D eigenvalue weighted by Crippen LogP contribution is 2.31. The molecule has 1 fully saturated rings. The van der Waals surface area contributed by atoms with E-state index < -0.39 is 15.6 Å². The summed E-state index contributed by atoms with van der Waals surface area (Å²) in [6.07, 6.45) is 10.5. The van der Waals surface area contributed by atoms with Crippen molar-refractivity contribution in [3.05, 3.63) is 18.0 Å². The van der Waals surface area contributed by atoms with Crippen molar-refractivity contribution in [2.24, 2.45) is 5.92 Å². The first-order chi connectivity index (χ1) is 15.6. The zero-order valence-electron chi connectivity index (χ0n) is 19.5. The number of H-pyrrole nitrogens is 1. The van der Waals surface area contributed by atoms with Gasteiger partial charge in [0.1, 0.15) is 11.9 Å². The first kappa shape index (κ1) is 25.3. The van der Waals surface area contributed by atoms with Crippen molar-refractivity contribution in [1.29, 1.82) is 0 Å². The van der Waals surface area contributed by atoms with Crippen LogP contribution in [0.2, 0.25) is 0 Å². The van der Waals surface area contributed by atoms with Crippen LogP contribution in [0.1, 0.15) is 96.2 Å². The van der Waals surface area contributed by atoms with Crippen LogP contribution in [0.4, 0.5) is 0 Å². The van der Waals surface area contributed by atoms with Gasteiger partial charge in [-0.15, -0.1) is 0 Å². The predicted molar refractivity (Wildman–Crippen MR) is 118 cm³/mol. The van der Waals surface area contributed by atoms with Crippen LogP contribution in [0, 0.1) is 5.92 Å². The number of esters is 1. The van der Waals surface area contributed by atoms with E-state index >= 15 is 0 Å². The number of sulfonamides is 1. The molecular formula is C21H34N6O5S. The fourth-order valence-electron chi connectivity index (χ4n) is 4.08. The Morgan fingerprint density at radius 3 is 2.73 bits per heavy atom. The molecule has 2 aromatic rings. The van der Waals surface area contributed by atoms with Gasteiger partial charge in [-0.1, -0.05) is 50.1 Å². The molecule has 3 rings (SSSR count). The van der Waals surface area contributed by atoms with Gasteiger partial charge >= 0.3 is 5.97 Å². The normalized spacial score (nSPS) is 16.6. The molecule has 1 aliphatic carbocycles. The summed E-state index contributed by atoms with van der Waals surface area (Å²) in [7, 11) is -3.87. The van der Waals surface area contributed by atoms with E-state index in [4.69, 9.17) is 9.26 Å². The summed E-state index contributed by atoms with van der Waals surface area (Å²) in [4.78, 5) is 20.5. The molecule has 2 heterocycles. The van der Waals surface area contributed by atoms with E-state index in [1.54, 1.807) is 0 Å². The minimum absolute atomic E-state index is 0.132. The van der Waals surface area contributed by atoms with Crippen molar-refractivity contribution >= 4 is 16.0 Å². The lowest BCUT2D eigenvalue weighted by Crippen LogP contribution is -2.25. The minimum Gasteiger partial charge on any atom is -0.460 e. The molecule has 0 bridgehead atoms. The number of carbonyl (C=O) groups is 1. The van der Waals surface area contributed by atoms with Crippen LogP contribution in [0.25, 0.3) is 0 Å². The van der Waals surface area contributed by atoms with E-state index in [0.29, 0.717) is 5.89 Å². The van der Waals surface area contributed by atoms with Crippen LogP contribution in [0.15, 0.2) is 16.0 Å². The van der Waals surface area contributed by atoms with Crippen molar-refractivity contribution in [3.8, 4) is 0 Å². The third kappa shape index (κ3) is 8.18. The smallest absolute Gasteiger partial charge is 0.307 e. The maximum absolute atomic E-state index is 12.5. The molecule has 2 aromatic heterocycles. The summed E-state index contributed by atoms with van der Waals surface area (Å²) in [5, 5.41) is 9.43. The Morgan fingerprint density at radius 2 is 2.06 bits per heavy atom. The van der Waals surface area contributed by atoms with Crippen LogP contribution >= 0.6 is 0 Å². The number of carbonyl (C=O) groups excluding carboxylic acids is 1. The topological polar surface area (TPSA) is 153 Å². The number of aromatic amines is 1. The zero-order valence-corrected chi connectivity index (χ0v) is 20.4. The molecular weight excluding hydrogens is 448 g/mol. The van der Waals surface area contributed by atoms with Gasteiger partial charge in [-0.05, 0) is 33.1 Å². The average Bonchev–Trinajstić information content (AvgIpc) is 3.44. The van der Waals surface area contributed by atoms with Gasteiger partial charge in [0.25, 0.3) is 15.2 Å². The maximum atomic E-state index is 12.5. The van der Waals surface area contributed by atoms with Crippen LogP contribution in [0.5, 0.6) is 0 Å². The molecule has 184 valence electrons. The Kier molecular flexibility index (Phi) is 8.57. The van der Waals surface area contributed by atoms with Gasteiger partial charge in [0.05, 0.1) is 13.0 Å². The fraction of sp³-hybridized carbons (Fsp3) is 0.762. The van der Waals surface area contributed by atoms with Gasteiger partial charge in [-0.25, -0.2) is 23.2 Å². The second-order valence-electron chi connectivity index (χ2n) is 9.59. The summed E-state index contributed by atoms with van der Waals surface area (Å²) < 4.78 is 37.6. The Morgan fingerprint density at radius 1 is 1.30 bits per heavy atom. The van der Waals surface area contributed by atoms with Gasteiger partial charge in [0, 0.05) is 5.92 Å². The molecule has 1 unspecified atom stereocenters. The number of ether oxygens (including phenoxy) is 1. The lowest BCUT2D eigenvalue weighted by Gasteiger charge is -2.23. The summed E-state index contributed by atoms with van der Waals surface area (Å²) in [6.45, 7) is 5.31. The molecule has 11 nitrogen and oxygen atoms in total. The van der Waals surface area contributed by atoms with Crippen molar-refractivity contribution in [3.63, 3.8) is 0 Å². The third-order valence-electron chi connectivity index (χ3n) is 5.62. The van der Waals surface area contributed by atoms with Crippen molar-refractivity contribution in [2.75, 3.05) is 0 Å². The highest BCUT2D eigenvalue weighted by atomic mass is 32.2. The molecule has 12 heteroatoms. The van der Waals surface area contributed by atoms with Gasteiger partial charge in [-0.2, -0.15) is 10.1 Å². The minimum atomic E-state index is -3.87. The lowest BCUT2D eigenvalue weighted by atomic mass is 9.84. The molecule has 1 saturated carbocycles. The van der Waals surface area contributed by atoms with Crippen LogP contribution < -0.4 is 4.72 Å². The van der Waals surface area contributed by atoms with Crippen LogP contribution in [-0.4, -0.2) is 45.3 Å². The first-order valence-corrected chi connectivity index (χ1v) is 13.0. The summed E-state index contributed by atoms with van der Waals surface area (Å²) in [5.74, 6) is 0.629. The number of aromatic nitrogens is 5. The standard InChI is InChI=1S/C21H34N6O5S/c1-21(2,3)31-18(28)12-16(11-7-10-15-8-5-4-6-9-15)19-25-17(27-32-19)13-24-33(29,30)20-22-14-23-26-20/h14-16,24H,4-13H2,1-3H3,(H,22,23,26). The Labute approximate surface area is 194 Å². The van der Waals surface area contributed by atoms with E-state index in [1.165, 1.54) is 32.1 Å². The Balaban J connectivity index is 1.62. The second kappa shape index (κ2) is 11.2. The molecule has 1 atom stereocenters. The highest BCUT2D eigenvalue weighted by molar-refractivity contribution is 7.89. The quantitative estimate of drug-likeness (QED) is 0.459. The van der Waals surface area contributed by atoms with E-state index in [9.17, 15) is 13.2 Å². The SMILES string of the molecule is CC(C)(C)OC(=O)CC(CCCC1CCCCC1)c1nc(CNS(=O)(=O)c2ncn[nH]2)no1. The fourth-order valence-corrected chi connectivity index (χ4v) is 4.90. The average molecular weight is 483 g/mol. The number of nitrogens with zero attached hydrogens (tertiary/aromatic N) is 4. The lowest BCUT2D eigenvalue weighted by molar-refractivity contribution is -0.155. The largest absolute Gasteiger partial charge is 0.460 e.